The molecule has 6 atom stereocenters. The van der Waals surface area contributed by atoms with E-state index >= 15 is 0 Å². The Morgan fingerprint density at radius 3 is 0.988 bits per heavy atom. The summed E-state index contributed by atoms with van der Waals surface area (Å²) in [6.07, 6.45) is 1.24. The summed E-state index contributed by atoms with van der Waals surface area (Å²) in [7, 11) is 0. The number of carbonyl (C=O) groups excluding carboxylic acids is 8. The van der Waals surface area contributed by atoms with Gasteiger partial charge in [-0.15, -0.1) is 0 Å². The molecular formula is C66H78N10O10. The highest BCUT2D eigenvalue weighted by molar-refractivity contribution is 6.33. The predicted molar refractivity (Wildman–Crippen MR) is 329 cm³/mol. The number of fused-ring (bicyclic) bond motifs is 2. The highest BCUT2D eigenvalue weighted by atomic mass is 16.3. The second-order valence-electron chi connectivity index (χ2n) is 22.3. The number of rotatable bonds is 30. The first-order valence-corrected chi connectivity index (χ1v) is 29.0. The van der Waals surface area contributed by atoms with Crippen molar-refractivity contribution in [3.8, 4) is 11.5 Å². The highest BCUT2D eigenvalue weighted by Crippen LogP contribution is 2.42. The standard InChI is InChI=1S/C66H78N10O10/c1-39(2)33-49(75-65(85)51(37-43-21-13-7-14-22-43)73-61(81)45(67)35-41-17-9-5-10-18-41)63(83)71-31-29-69-47-25-26-48(56-55(47)59(79)57-53(77)27-28-54(78)58(57)60(56)80)70-30-32-72-64(84)50(34-40(3)4)76-66(86)52(38-44-23-15-8-16-24-44)74-62(82)46(68)36-42-19-11-6-12-20-42/h5-28,39-40,45-46,49-52,69-70,77-78H,29-38,67-68H2,1-4H3,(H,71,83)(H,72,84)(H,73,81)(H,74,82)(H,75,85)(H,76,86)/t45-,46-,49-,50-,51-,52-/m0/s1. The second-order valence-corrected chi connectivity index (χ2v) is 22.3. The van der Waals surface area contributed by atoms with Crippen molar-refractivity contribution >= 4 is 58.4 Å². The summed E-state index contributed by atoms with van der Waals surface area (Å²) in [5, 5.41) is 45.1. The third kappa shape index (κ3) is 17.8. The van der Waals surface area contributed by atoms with Crippen LogP contribution in [-0.2, 0) is 54.5 Å². The number of carbonyl (C=O) groups is 8. The van der Waals surface area contributed by atoms with E-state index in [9.17, 15) is 48.6 Å². The molecule has 14 N–H and O–H groups in total. The van der Waals surface area contributed by atoms with E-state index in [4.69, 9.17) is 11.5 Å². The number of amides is 6. The molecule has 6 amide bonds. The summed E-state index contributed by atoms with van der Waals surface area (Å²) < 4.78 is 0. The molecule has 0 aliphatic heterocycles. The van der Waals surface area contributed by atoms with Gasteiger partial charge in [0.2, 0.25) is 47.0 Å². The van der Waals surface area contributed by atoms with E-state index in [2.05, 4.69) is 42.5 Å². The minimum atomic E-state index is -1.07. The van der Waals surface area contributed by atoms with Gasteiger partial charge in [-0.05, 0) is 84.0 Å². The van der Waals surface area contributed by atoms with Crippen molar-refractivity contribution in [2.75, 3.05) is 36.8 Å². The number of aromatic hydroxyl groups is 2. The van der Waals surface area contributed by atoms with Crippen molar-refractivity contribution in [1.29, 1.82) is 0 Å². The number of benzene rings is 6. The van der Waals surface area contributed by atoms with Gasteiger partial charge in [0.25, 0.3) is 0 Å². The average molecular weight is 1170 g/mol. The topological polar surface area (TPSA) is 325 Å². The van der Waals surface area contributed by atoms with Crippen LogP contribution >= 0.6 is 0 Å². The van der Waals surface area contributed by atoms with Crippen molar-refractivity contribution in [1.82, 2.24) is 31.9 Å². The molecule has 20 heteroatoms. The Morgan fingerprint density at radius 1 is 0.372 bits per heavy atom. The lowest BCUT2D eigenvalue weighted by Gasteiger charge is -2.26. The zero-order valence-electron chi connectivity index (χ0n) is 48.9. The Labute approximate surface area is 501 Å². The molecule has 86 heavy (non-hydrogen) atoms. The highest BCUT2D eigenvalue weighted by Gasteiger charge is 2.38. The molecule has 0 heterocycles. The maximum atomic E-state index is 14.4. The lowest BCUT2D eigenvalue weighted by Crippen LogP contribution is -2.57. The SMILES string of the molecule is CC(C)C[C@H](NC(=O)[C@H](Cc1ccccc1)NC(=O)[C@@H](N)Cc1ccccc1)C(=O)NCCNc1ccc(NCCNC(=O)[C@H](CC(C)C)NC(=O)[C@H](Cc2ccccc2)NC(=O)[C@@H](N)Cc2ccccc2)c2c1C(=O)c1c(O)ccc(O)c1C2=O. The lowest BCUT2D eigenvalue weighted by molar-refractivity contribution is -0.132. The fraction of sp³-hybridized carbons (Fsp3) is 0.333. The molecule has 6 aromatic carbocycles. The number of hydrogen-bond acceptors (Lipinski definition) is 14. The molecule has 6 aromatic rings. The number of anilines is 2. The van der Waals surface area contributed by atoms with E-state index in [1.165, 1.54) is 0 Å². The van der Waals surface area contributed by atoms with Crippen molar-refractivity contribution in [3.05, 3.63) is 190 Å². The smallest absolute Gasteiger partial charge is 0.243 e. The van der Waals surface area contributed by atoms with Gasteiger partial charge in [-0.25, -0.2) is 0 Å². The molecule has 452 valence electrons. The molecule has 0 radical (unpaired) electrons. The van der Waals surface area contributed by atoms with Gasteiger partial charge in [0, 0.05) is 50.4 Å². The first kappa shape index (κ1) is 64.2. The Balaban J connectivity index is 1.01. The monoisotopic (exact) mass is 1170 g/mol. The molecule has 1 aliphatic carbocycles. The van der Waals surface area contributed by atoms with Crippen LogP contribution < -0.4 is 54.0 Å². The number of ketones is 2. The predicted octanol–water partition coefficient (Wildman–Crippen LogP) is 4.59. The van der Waals surface area contributed by atoms with Crippen LogP contribution in [-0.4, -0.2) is 120 Å². The average Bonchev–Trinajstić information content (AvgIpc) is 3.66. The van der Waals surface area contributed by atoms with Crippen LogP contribution in [0.3, 0.4) is 0 Å². The first-order chi connectivity index (χ1) is 41.3. The molecule has 0 aromatic heterocycles. The molecule has 0 bridgehead atoms. The van der Waals surface area contributed by atoms with Crippen LogP contribution in [0.1, 0.15) is 94.6 Å². The summed E-state index contributed by atoms with van der Waals surface area (Å²) >= 11 is 0. The van der Waals surface area contributed by atoms with Gasteiger partial charge in [0.15, 0.2) is 0 Å². The van der Waals surface area contributed by atoms with Crippen LogP contribution in [0.15, 0.2) is 146 Å². The third-order valence-corrected chi connectivity index (χ3v) is 14.5. The van der Waals surface area contributed by atoms with E-state index in [0.29, 0.717) is 0 Å². The van der Waals surface area contributed by atoms with Crippen LogP contribution in [0.2, 0.25) is 0 Å². The fourth-order valence-corrected chi connectivity index (χ4v) is 10.2. The fourth-order valence-electron chi connectivity index (χ4n) is 10.2. The van der Waals surface area contributed by atoms with Crippen LogP contribution in [0.5, 0.6) is 11.5 Å². The Hall–Kier alpha value is -9.40. The number of hydrogen-bond donors (Lipinski definition) is 12. The van der Waals surface area contributed by atoms with Crippen molar-refractivity contribution in [3.63, 3.8) is 0 Å². The molecule has 20 nitrogen and oxygen atoms in total. The quantitative estimate of drug-likeness (QED) is 0.0217. The second kappa shape index (κ2) is 30.9. The summed E-state index contributed by atoms with van der Waals surface area (Å²) in [4.78, 5) is 112. The molecule has 0 spiro atoms. The van der Waals surface area contributed by atoms with Gasteiger partial charge in [-0.2, -0.15) is 0 Å². The maximum absolute atomic E-state index is 14.4. The minimum absolute atomic E-state index is 0.0148. The van der Waals surface area contributed by atoms with Gasteiger partial charge in [-0.1, -0.05) is 149 Å². The number of phenolic OH excluding ortho intramolecular Hbond substituents is 2. The van der Waals surface area contributed by atoms with E-state index < -0.39 is 106 Å². The van der Waals surface area contributed by atoms with Crippen molar-refractivity contribution in [2.45, 2.75) is 102 Å². The Bertz CT molecular complexity index is 3110. The first-order valence-electron chi connectivity index (χ1n) is 29.0. The number of nitrogens with one attached hydrogen (secondary N) is 8. The van der Waals surface area contributed by atoms with E-state index in [-0.39, 0.29) is 99.0 Å². The van der Waals surface area contributed by atoms with Crippen LogP contribution in [0.4, 0.5) is 11.4 Å². The van der Waals surface area contributed by atoms with Crippen molar-refractivity contribution < 1.29 is 48.6 Å². The molecule has 0 fully saturated rings. The molecule has 0 saturated heterocycles. The molecule has 1 aliphatic rings. The van der Waals surface area contributed by atoms with Crippen LogP contribution in [0, 0.1) is 11.8 Å². The molecule has 0 saturated carbocycles. The van der Waals surface area contributed by atoms with Gasteiger partial charge < -0.3 is 64.2 Å². The maximum Gasteiger partial charge on any atom is 0.243 e. The van der Waals surface area contributed by atoms with Crippen molar-refractivity contribution in [2.24, 2.45) is 23.3 Å². The molecular weight excluding hydrogens is 1090 g/mol. The number of phenols is 2. The summed E-state index contributed by atoms with van der Waals surface area (Å²) in [6.45, 7) is 7.58. The van der Waals surface area contributed by atoms with Gasteiger partial charge >= 0.3 is 0 Å². The van der Waals surface area contributed by atoms with E-state index in [1.807, 2.05) is 149 Å². The third-order valence-electron chi connectivity index (χ3n) is 14.5. The van der Waals surface area contributed by atoms with Gasteiger partial charge in [-0.3, -0.25) is 38.4 Å². The van der Waals surface area contributed by atoms with E-state index in [1.54, 1.807) is 12.1 Å². The largest absolute Gasteiger partial charge is 0.507 e. The van der Waals surface area contributed by atoms with E-state index in [0.717, 1.165) is 34.4 Å². The lowest BCUT2D eigenvalue weighted by atomic mass is 9.81. The van der Waals surface area contributed by atoms with Crippen LogP contribution in [0.25, 0.3) is 0 Å². The Morgan fingerprint density at radius 2 is 0.674 bits per heavy atom. The minimum Gasteiger partial charge on any atom is -0.507 e. The summed E-state index contributed by atoms with van der Waals surface area (Å²) in [6, 6.07) is 36.0. The molecule has 0 unspecified atom stereocenters. The summed E-state index contributed by atoms with van der Waals surface area (Å²) in [5.41, 5.74) is 15.2. The summed E-state index contributed by atoms with van der Waals surface area (Å²) in [5.74, 6) is -5.92. The number of nitrogens with two attached hydrogens (primary N) is 2. The normalized spacial score (nSPS) is 13.8. The zero-order chi connectivity index (χ0) is 61.9. The molecule has 7 rings (SSSR count). The van der Waals surface area contributed by atoms with Gasteiger partial charge in [0.05, 0.1) is 34.3 Å². The zero-order valence-corrected chi connectivity index (χ0v) is 48.9. The van der Waals surface area contributed by atoms with Gasteiger partial charge in [0.1, 0.15) is 35.7 Å². The Kier molecular flexibility index (Phi) is 23.1.